The lowest BCUT2D eigenvalue weighted by Gasteiger charge is -2.20. The van der Waals surface area contributed by atoms with E-state index in [-0.39, 0.29) is 12.3 Å². The Morgan fingerprint density at radius 1 is 1.30 bits per heavy atom. The quantitative estimate of drug-likeness (QED) is 0.849. The summed E-state index contributed by atoms with van der Waals surface area (Å²) in [6.07, 6.45) is 4.01. The maximum Gasteiger partial charge on any atom is 0.229 e. The predicted octanol–water partition coefficient (Wildman–Crippen LogP) is 3.17. The summed E-state index contributed by atoms with van der Waals surface area (Å²) in [6, 6.07) is 3.93. The van der Waals surface area contributed by atoms with Crippen LogP contribution in [0.1, 0.15) is 30.4 Å². The van der Waals surface area contributed by atoms with Crippen molar-refractivity contribution in [3.8, 4) is 0 Å². The molecule has 1 aliphatic rings. The van der Waals surface area contributed by atoms with E-state index in [1.165, 1.54) is 31.8 Å². The highest BCUT2D eigenvalue weighted by Crippen LogP contribution is 2.33. The van der Waals surface area contributed by atoms with E-state index in [4.69, 9.17) is 21.1 Å². The topological polar surface area (TPSA) is 47.6 Å². The molecule has 4 nitrogen and oxygen atoms in total. The average Bonchev–Trinajstić information content (AvgIpc) is 2.48. The molecular formula is C15H20ClNO3. The van der Waals surface area contributed by atoms with Crippen LogP contribution < -0.4 is 5.32 Å². The number of nitrogens with one attached hydrogen (secondary N) is 1. The lowest BCUT2D eigenvalue weighted by molar-refractivity contribution is -0.134. The summed E-state index contributed by atoms with van der Waals surface area (Å²) < 4.78 is 10.0. The molecule has 0 saturated carbocycles. The van der Waals surface area contributed by atoms with E-state index in [0.717, 1.165) is 19.3 Å². The molecule has 0 radical (unpaired) electrons. The number of benzene rings is 1. The fourth-order valence-corrected chi connectivity index (χ4v) is 2.82. The Morgan fingerprint density at radius 3 is 2.70 bits per heavy atom. The number of anilines is 1. The third-order valence-electron chi connectivity index (χ3n) is 3.62. The molecule has 1 aromatic rings. The van der Waals surface area contributed by atoms with Crippen LogP contribution in [0.4, 0.5) is 5.69 Å². The van der Waals surface area contributed by atoms with Crippen molar-refractivity contribution >= 4 is 23.2 Å². The molecule has 0 fully saturated rings. The van der Waals surface area contributed by atoms with Gasteiger partial charge in [0, 0.05) is 14.2 Å². The van der Waals surface area contributed by atoms with Gasteiger partial charge in [-0.2, -0.15) is 0 Å². The average molecular weight is 298 g/mol. The van der Waals surface area contributed by atoms with Crippen LogP contribution in [0.3, 0.4) is 0 Å². The third kappa shape index (κ3) is 3.51. The Kier molecular flexibility index (Phi) is 5.40. The molecule has 2 rings (SSSR count). The second-order valence-electron chi connectivity index (χ2n) is 4.93. The molecule has 1 aliphatic carbocycles. The molecule has 1 amide bonds. The summed E-state index contributed by atoms with van der Waals surface area (Å²) in [5, 5.41) is 3.50. The van der Waals surface area contributed by atoms with E-state index in [9.17, 15) is 4.79 Å². The molecule has 1 N–H and O–H groups in total. The minimum Gasteiger partial charge on any atom is -0.355 e. The van der Waals surface area contributed by atoms with E-state index < -0.39 is 6.29 Å². The SMILES string of the molecule is COC(CC(=O)Nc1ccc2c(c1Cl)CCCC2)OC. The number of carbonyl (C=O) groups is 1. The van der Waals surface area contributed by atoms with E-state index in [1.54, 1.807) is 0 Å². The van der Waals surface area contributed by atoms with Crippen LogP contribution in [0.15, 0.2) is 12.1 Å². The molecule has 20 heavy (non-hydrogen) atoms. The van der Waals surface area contributed by atoms with E-state index in [2.05, 4.69) is 11.4 Å². The summed E-state index contributed by atoms with van der Waals surface area (Å²) in [4.78, 5) is 11.9. The van der Waals surface area contributed by atoms with Gasteiger partial charge in [-0.05, 0) is 42.9 Å². The number of rotatable bonds is 5. The monoisotopic (exact) mass is 297 g/mol. The van der Waals surface area contributed by atoms with Gasteiger partial charge in [0.05, 0.1) is 17.1 Å². The Morgan fingerprint density at radius 2 is 2.00 bits per heavy atom. The van der Waals surface area contributed by atoms with Crippen LogP contribution in [0.5, 0.6) is 0 Å². The number of hydrogen-bond donors (Lipinski definition) is 1. The van der Waals surface area contributed by atoms with Crippen LogP contribution in [-0.2, 0) is 27.1 Å². The number of aryl methyl sites for hydroxylation is 1. The van der Waals surface area contributed by atoms with Crippen molar-refractivity contribution in [1.29, 1.82) is 0 Å². The summed E-state index contributed by atoms with van der Waals surface area (Å²) in [5.41, 5.74) is 3.14. The first kappa shape index (κ1) is 15.3. The number of carbonyl (C=O) groups excluding carboxylic acids is 1. The van der Waals surface area contributed by atoms with Crippen LogP contribution in [0.2, 0.25) is 5.02 Å². The number of ether oxygens (including phenoxy) is 2. The van der Waals surface area contributed by atoms with Crippen LogP contribution in [0.25, 0.3) is 0 Å². The van der Waals surface area contributed by atoms with Gasteiger partial charge in [-0.1, -0.05) is 17.7 Å². The van der Waals surface area contributed by atoms with Crippen molar-refractivity contribution in [1.82, 2.24) is 0 Å². The molecular weight excluding hydrogens is 278 g/mol. The molecule has 0 atom stereocenters. The van der Waals surface area contributed by atoms with E-state index in [0.29, 0.717) is 10.7 Å². The van der Waals surface area contributed by atoms with Crippen LogP contribution >= 0.6 is 11.6 Å². The normalized spacial score (nSPS) is 14.2. The lowest BCUT2D eigenvalue weighted by atomic mass is 9.91. The molecule has 0 spiro atoms. The minimum atomic E-state index is -0.536. The number of fused-ring (bicyclic) bond motifs is 1. The molecule has 1 aromatic carbocycles. The molecule has 110 valence electrons. The second kappa shape index (κ2) is 7.07. The highest BCUT2D eigenvalue weighted by Gasteiger charge is 2.18. The second-order valence-corrected chi connectivity index (χ2v) is 5.30. The summed E-state index contributed by atoms with van der Waals surface area (Å²) >= 11 is 6.40. The van der Waals surface area contributed by atoms with E-state index in [1.807, 2.05) is 6.07 Å². The maximum absolute atomic E-state index is 11.9. The highest BCUT2D eigenvalue weighted by molar-refractivity contribution is 6.34. The van der Waals surface area contributed by atoms with Gasteiger partial charge in [0.1, 0.15) is 0 Å². The van der Waals surface area contributed by atoms with Gasteiger partial charge in [-0.15, -0.1) is 0 Å². The van der Waals surface area contributed by atoms with Crippen LogP contribution in [-0.4, -0.2) is 26.4 Å². The number of methoxy groups -OCH3 is 2. The Labute approximate surface area is 124 Å². The Balaban J connectivity index is 2.08. The molecule has 0 aromatic heterocycles. The number of amides is 1. The standard InChI is InChI=1S/C15H20ClNO3/c1-19-14(20-2)9-13(18)17-12-8-7-10-5-3-4-6-11(10)15(12)16/h7-8,14H,3-6,9H2,1-2H3,(H,17,18). The predicted molar refractivity (Wildman–Crippen MR) is 79.1 cm³/mol. The zero-order chi connectivity index (χ0) is 14.5. The Hall–Kier alpha value is -1.10. The first-order valence-corrected chi connectivity index (χ1v) is 7.19. The number of hydrogen-bond acceptors (Lipinski definition) is 3. The molecule has 0 saturated heterocycles. The first-order chi connectivity index (χ1) is 9.65. The van der Waals surface area contributed by atoms with Crippen LogP contribution in [0, 0.1) is 0 Å². The summed E-state index contributed by atoms with van der Waals surface area (Å²) in [7, 11) is 3.01. The Bertz CT molecular complexity index is 486. The van der Waals surface area contributed by atoms with Crippen molar-refractivity contribution in [2.24, 2.45) is 0 Å². The van der Waals surface area contributed by atoms with Gasteiger partial charge < -0.3 is 14.8 Å². The molecule has 0 heterocycles. The van der Waals surface area contributed by atoms with Crippen molar-refractivity contribution in [2.45, 2.75) is 38.4 Å². The number of halogens is 1. The van der Waals surface area contributed by atoms with E-state index >= 15 is 0 Å². The van der Waals surface area contributed by atoms with Gasteiger partial charge in [0.2, 0.25) is 5.91 Å². The fraction of sp³-hybridized carbons (Fsp3) is 0.533. The van der Waals surface area contributed by atoms with Gasteiger partial charge in [0.15, 0.2) is 6.29 Å². The zero-order valence-corrected chi connectivity index (χ0v) is 12.6. The smallest absolute Gasteiger partial charge is 0.229 e. The van der Waals surface area contributed by atoms with Gasteiger partial charge in [-0.3, -0.25) is 4.79 Å². The van der Waals surface area contributed by atoms with Gasteiger partial charge >= 0.3 is 0 Å². The molecule has 0 bridgehead atoms. The first-order valence-electron chi connectivity index (χ1n) is 6.81. The van der Waals surface area contributed by atoms with Crippen molar-refractivity contribution in [3.63, 3.8) is 0 Å². The summed E-state index contributed by atoms with van der Waals surface area (Å²) in [6.45, 7) is 0. The van der Waals surface area contributed by atoms with Crippen molar-refractivity contribution in [3.05, 3.63) is 28.3 Å². The third-order valence-corrected chi connectivity index (χ3v) is 4.05. The maximum atomic E-state index is 11.9. The fourth-order valence-electron chi connectivity index (χ4n) is 2.49. The zero-order valence-electron chi connectivity index (χ0n) is 11.9. The largest absolute Gasteiger partial charge is 0.355 e. The van der Waals surface area contributed by atoms with Gasteiger partial charge in [0.25, 0.3) is 0 Å². The molecule has 0 aliphatic heterocycles. The van der Waals surface area contributed by atoms with Crippen molar-refractivity contribution < 1.29 is 14.3 Å². The molecule has 5 heteroatoms. The highest BCUT2D eigenvalue weighted by atomic mass is 35.5. The lowest BCUT2D eigenvalue weighted by Crippen LogP contribution is -2.23. The van der Waals surface area contributed by atoms with Crippen molar-refractivity contribution in [2.75, 3.05) is 19.5 Å². The van der Waals surface area contributed by atoms with Gasteiger partial charge in [-0.25, -0.2) is 0 Å². The summed E-state index contributed by atoms with van der Waals surface area (Å²) in [5.74, 6) is -0.170. The minimum absolute atomic E-state index is 0.139. The molecule has 0 unspecified atom stereocenters.